The molecule has 0 saturated heterocycles. The van der Waals surface area contributed by atoms with E-state index in [2.05, 4.69) is 21.7 Å². The molecule has 0 spiro atoms. The number of thiocarbonyl (C=S) groups is 1. The molecule has 0 saturated carbocycles. The van der Waals surface area contributed by atoms with E-state index in [1.54, 1.807) is 35.6 Å². The molecule has 0 aliphatic heterocycles. The Morgan fingerprint density at radius 3 is 2.39 bits per heavy atom. The fourth-order valence-corrected chi connectivity index (χ4v) is 5.27. The number of carbonyl (C=O) groups is 1. The van der Waals surface area contributed by atoms with Crippen molar-refractivity contribution in [2.45, 2.75) is 52.0 Å². The van der Waals surface area contributed by atoms with Crippen LogP contribution in [-0.2, 0) is 36.9 Å². The van der Waals surface area contributed by atoms with Gasteiger partial charge >= 0.3 is 6.18 Å². The van der Waals surface area contributed by atoms with E-state index in [9.17, 15) is 18.0 Å². The second-order valence-corrected chi connectivity index (χ2v) is 11.8. The standard InChI is InChI=1S/C35H37F3N6OS/c1-25(2)32(42-33(45)18-30-20-40-24-44(30)21-28-14-12-27(19-39)13-15-28)23-43(22-29-10-6-7-11-31(29)35(36,37)38)34(46)41-17-16-26-8-4-3-5-9-26/h3-15,20,24-25,32H,16-18,21-23H2,1-2H3,(H,41,46)(H,42,45)/t32-/m1/s1. The highest BCUT2D eigenvalue weighted by Gasteiger charge is 2.34. The van der Waals surface area contributed by atoms with Gasteiger partial charge in [-0.05, 0) is 59.4 Å². The quantitative estimate of drug-likeness (QED) is 0.170. The summed E-state index contributed by atoms with van der Waals surface area (Å²) in [6.45, 7) is 5.02. The van der Waals surface area contributed by atoms with E-state index in [0.29, 0.717) is 35.9 Å². The minimum Gasteiger partial charge on any atom is -0.362 e. The number of amides is 1. The maximum atomic E-state index is 13.9. The molecule has 240 valence electrons. The van der Waals surface area contributed by atoms with Gasteiger partial charge in [0.1, 0.15) is 0 Å². The van der Waals surface area contributed by atoms with Crippen molar-refractivity contribution in [1.82, 2.24) is 25.1 Å². The zero-order valence-corrected chi connectivity index (χ0v) is 26.6. The summed E-state index contributed by atoms with van der Waals surface area (Å²) < 4.78 is 43.6. The van der Waals surface area contributed by atoms with Crippen LogP contribution in [0.3, 0.4) is 0 Å². The van der Waals surface area contributed by atoms with Crippen molar-refractivity contribution in [2.24, 2.45) is 5.92 Å². The fourth-order valence-electron chi connectivity index (χ4n) is 5.03. The fraction of sp³-hybridized carbons (Fsp3) is 0.314. The summed E-state index contributed by atoms with van der Waals surface area (Å²) >= 11 is 5.73. The second-order valence-electron chi connectivity index (χ2n) is 11.4. The highest BCUT2D eigenvalue weighted by Crippen LogP contribution is 2.32. The van der Waals surface area contributed by atoms with Crippen LogP contribution in [-0.4, -0.2) is 44.6 Å². The minimum atomic E-state index is -4.52. The molecule has 3 aromatic carbocycles. The Balaban J connectivity index is 1.47. The predicted molar refractivity (Wildman–Crippen MR) is 176 cm³/mol. The topological polar surface area (TPSA) is 86.0 Å². The van der Waals surface area contributed by atoms with Crippen molar-refractivity contribution >= 4 is 23.2 Å². The van der Waals surface area contributed by atoms with Gasteiger partial charge in [-0.25, -0.2) is 4.98 Å². The normalized spacial score (nSPS) is 11.9. The first-order valence-corrected chi connectivity index (χ1v) is 15.4. The third-order valence-corrected chi connectivity index (χ3v) is 8.05. The number of aromatic nitrogens is 2. The molecule has 46 heavy (non-hydrogen) atoms. The summed E-state index contributed by atoms with van der Waals surface area (Å²) in [5.74, 6) is -0.279. The first-order chi connectivity index (χ1) is 22.0. The molecule has 4 rings (SSSR count). The van der Waals surface area contributed by atoms with Gasteiger partial charge in [0.2, 0.25) is 5.91 Å². The van der Waals surface area contributed by atoms with E-state index in [0.717, 1.165) is 17.2 Å². The van der Waals surface area contributed by atoms with Crippen molar-refractivity contribution in [3.8, 4) is 6.07 Å². The molecule has 0 fully saturated rings. The maximum absolute atomic E-state index is 13.9. The van der Waals surface area contributed by atoms with E-state index >= 15 is 0 Å². The highest BCUT2D eigenvalue weighted by atomic mass is 32.1. The Kier molecular flexibility index (Phi) is 11.9. The van der Waals surface area contributed by atoms with Crippen molar-refractivity contribution < 1.29 is 18.0 Å². The lowest BCUT2D eigenvalue weighted by atomic mass is 10.0. The molecule has 7 nitrogen and oxygen atoms in total. The molecule has 0 unspecified atom stereocenters. The monoisotopic (exact) mass is 646 g/mol. The molecular weight excluding hydrogens is 609 g/mol. The Morgan fingerprint density at radius 2 is 1.72 bits per heavy atom. The zero-order chi connectivity index (χ0) is 33.1. The van der Waals surface area contributed by atoms with Crippen LogP contribution in [0.1, 0.15) is 47.4 Å². The Labute approximate surface area is 273 Å². The largest absolute Gasteiger partial charge is 0.416 e. The average molecular weight is 647 g/mol. The predicted octanol–water partition coefficient (Wildman–Crippen LogP) is 6.12. The molecule has 0 aliphatic carbocycles. The van der Waals surface area contributed by atoms with E-state index in [4.69, 9.17) is 17.5 Å². The van der Waals surface area contributed by atoms with Gasteiger partial charge in [-0.3, -0.25) is 4.79 Å². The lowest BCUT2D eigenvalue weighted by molar-refractivity contribution is -0.138. The van der Waals surface area contributed by atoms with Gasteiger partial charge in [-0.2, -0.15) is 18.4 Å². The molecule has 0 aliphatic rings. The van der Waals surface area contributed by atoms with Crippen molar-refractivity contribution in [3.05, 3.63) is 125 Å². The second kappa shape index (κ2) is 16.0. The van der Waals surface area contributed by atoms with Crippen LogP contribution in [0.25, 0.3) is 0 Å². The number of rotatable bonds is 13. The lowest BCUT2D eigenvalue weighted by Crippen LogP contribution is -2.51. The molecule has 1 aromatic heterocycles. The van der Waals surface area contributed by atoms with Crippen LogP contribution in [0, 0.1) is 17.2 Å². The number of alkyl halides is 3. The number of nitriles is 1. The molecule has 2 N–H and O–H groups in total. The van der Waals surface area contributed by atoms with Crippen LogP contribution < -0.4 is 10.6 Å². The molecule has 1 atom stereocenters. The molecule has 4 aromatic rings. The minimum absolute atomic E-state index is 0.0417. The summed E-state index contributed by atoms with van der Waals surface area (Å²) in [5, 5.41) is 15.7. The highest BCUT2D eigenvalue weighted by molar-refractivity contribution is 7.80. The van der Waals surface area contributed by atoms with Crippen LogP contribution in [0.4, 0.5) is 13.2 Å². The molecule has 11 heteroatoms. The van der Waals surface area contributed by atoms with E-state index in [-0.39, 0.29) is 36.9 Å². The van der Waals surface area contributed by atoms with Crippen LogP contribution in [0.2, 0.25) is 0 Å². The molecule has 0 bridgehead atoms. The number of benzene rings is 3. The Hall–Kier alpha value is -4.69. The van der Waals surface area contributed by atoms with Gasteiger partial charge in [0.25, 0.3) is 0 Å². The van der Waals surface area contributed by atoms with E-state index in [1.165, 1.54) is 12.1 Å². The summed E-state index contributed by atoms with van der Waals surface area (Å²) in [7, 11) is 0. The molecule has 0 radical (unpaired) electrons. The van der Waals surface area contributed by atoms with Gasteiger partial charge in [0, 0.05) is 44.1 Å². The summed E-state index contributed by atoms with van der Waals surface area (Å²) in [6, 6.07) is 24.2. The Morgan fingerprint density at radius 1 is 1.02 bits per heavy atom. The Bertz CT molecular complexity index is 1630. The first kappa shape index (κ1) is 34.2. The summed E-state index contributed by atoms with van der Waals surface area (Å²) in [6.07, 6.45) is -0.471. The number of nitrogens with one attached hydrogen (secondary N) is 2. The average Bonchev–Trinajstić information content (AvgIpc) is 3.46. The molecule has 1 amide bonds. The number of hydrogen-bond donors (Lipinski definition) is 2. The smallest absolute Gasteiger partial charge is 0.362 e. The van der Waals surface area contributed by atoms with Gasteiger partial charge in [-0.15, -0.1) is 0 Å². The number of hydrogen-bond acceptors (Lipinski definition) is 4. The molecule has 1 heterocycles. The first-order valence-electron chi connectivity index (χ1n) is 15.0. The SMILES string of the molecule is CC(C)[C@@H](CN(Cc1ccccc1C(F)(F)F)C(=S)NCCc1ccccc1)NC(=O)Cc1cncn1Cc1ccc(C#N)cc1. The lowest BCUT2D eigenvalue weighted by Gasteiger charge is -2.33. The summed E-state index contributed by atoms with van der Waals surface area (Å²) in [5.41, 5.74) is 2.73. The number of nitrogens with zero attached hydrogens (tertiary/aromatic N) is 4. The van der Waals surface area contributed by atoms with Crippen molar-refractivity contribution in [3.63, 3.8) is 0 Å². The maximum Gasteiger partial charge on any atom is 0.416 e. The zero-order valence-electron chi connectivity index (χ0n) is 25.8. The van der Waals surface area contributed by atoms with Crippen molar-refractivity contribution in [2.75, 3.05) is 13.1 Å². The number of carbonyl (C=O) groups excluding carboxylic acids is 1. The van der Waals surface area contributed by atoms with E-state index < -0.39 is 17.8 Å². The van der Waals surface area contributed by atoms with Crippen LogP contribution in [0.5, 0.6) is 0 Å². The van der Waals surface area contributed by atoms with Crippen molar-refractivity contribution in [1.29, 1.82) is 5.26 Å². The molecular formula is C35H37F3N6OS. The van der Waals surface area contributed by atoms with Gasteiger partial charge in [-0.1, -0.05) is 74.5 Å². The van der Waals surface area contributed by atoms with Gasteiger partial charge in [0.05, 0.1) is 29.9 Å². The van der Waals surface area contributed by atoms with E-state index in [1.807, 2.05) is 60.9 Å². The van der Waals surface area contributed by atoms with Gasteiger partial charge in [0.15, 0.2) is 5.11 Å². The van der Waals surface area contributed by atoms with Crippen LogP contribution in [0.15, 0.2) is 91.4 Å². The summed E-state index contributed by atoms with van der Waals surface area (Å²) in [4.78, 5) is 19.3. The van der Waals surface area contributed by atoms with Crippen LogP contribution >= 0.6 is 12.2 Å². The third kappa shape index (κ3) is 9.91. The third-order valence-electron chi connectivity index (χ3n) is 7.65. The van der Waals surface area contributed by atoms with Gasteiger partial charge < -0.3 is 20.1 Å². The number of imidazole rings is 1. The number of halogens is 3.